The van der Waals surface area contributed by atoms with Crippen molar-refractivity contribution in [2.75, 3.05) is 79.0 Å². The van der Waals surface area contributed by atoms with Crippen LogP contribution in [0.25, 0.3) is 11.4 Å². The van der Waals surface area contributed by atoms with E-state index in [1.54, 1.807) is 0 Å². The maximum absolute atomic E-state index is 14.5. The highest BCUT2D eigenvalue weighted by atomic mass is 79.9. The first-order valence-electron chi connectivity index (χ1n) is 18.5. The van der Waals surface area contributed by atoms with Gasteiger partial charge in [-0.15, -0.1) is 22.7 Å². The average molecular weight is 959 g/mol. The van der Waals surface area contributed by atoms with Gasteiger partial charge < -0.3 is 18.1 Å². The third-order valence-electron chi connectivity index (χ3n) is 10.2. The van der Waals surface area contributed by atoms with Crippen molar-refractivity contribution < 1.29 is 54.3 Å². The third kappa shape index (κ3) is 13.5. The van der Waals surface area contributed by atoms with Crippen LogP contribution in [-0.2, 0) is 29.8 Å². The number of carbonyl (C=O) groups excluding carboxylic acids is 2. The molecule has 2 N–H and O–H groups in total. The lowest BCUT2D eigenvalue weighted by Gasteiger charge is -2.30. The lowest BCUT2D eigenvalue weighted by atomic mass is 10.1. The second-order valence-electron chi connectivity index (χ2n) is 15.6. The number of unbranched alkanes of at least 4 members (excludes halogenated alkanes) is 6. The van der Waals surface area contributed by atoms with Crippen molar-refractivity contribution in [3.8, 4) is 0 Å². The van der Waals surface area contributed by atoms with Crippen molar-refractivity contribution in [1.82, 2.24) is 0 Å². The van der Waals surface area contributed by atoms with Gasteiger partial charge in [0.25, 0.3) is 0 Å². The fourth-order valence-electron chi connectivity index (χ4n) is 7.41. The number of carbonyl (C=O) groups is 2. The Morgan fingerprint density at radius 2 is 0.889 bits per heavy atom. The maximum Gasteiger partial charge on any atom is 0.356 e. The van der Waals surface area contributed by atoms with Crippen LogP contribution in [0.4, 0.5) is 0 Å². The van der Waals surface area contributed by atoms with Gasteiger partial charge in [-0.1, -0.05) is 0 Å². The molecule has 2 aromatic rings. The molecule has 302 valence electrons. The highest BCUT2D eigenvalue weighted by Gasteiger charge is 2.57. The van der Waals surface area contributed by atoms with Crippen LogP contribution in [0.15, 0.2) is 43.0 Å². The van der Waals surface area contributed by atoms with E-state index in [1.165, 1.54) is 22.7 Å². The zero-order chi connectivity index (χ0) is 39.9. The number of hydrogen-bond acceptors (Lipinski definition) is 10. The molecule has 0 fully saturated rings. The predicted octanol–water partition coefficient (Wildman–Crippen LogP) is 3.45. The summed E-state index contributed by atoms with van der Waals surface area (Å²) in [7, 11) is -0.236. The molecule has 0 bridgehead atoms. The largest absolute Gasteiger partial charge is 0.748 e. The first-order chi connectivity index (χ1) is 25.2. The van der Waals surface area contributed by atoms with E-state index in [9.17, 15) is 35.5 Å². The molecular weight excluding hydrogens is 904 g/mol. The number of nitrogens with zero attached hydrogens (tertiary/aromatic N) is 2. The molecule has 0 aromatic carbocycles. The Labute approximate surface area is 345 Å². The molecule has 54 heavy (non-hydrogen) atoms. The van der Waals surface area contributed by atoms with Crippen molar-refractivity contribution in [2.45, 2.75) is 64.2 Å². The van der Waals surface area contributed by atoms with Gasteiger partial charge in [-0.25, -0.2) is 36.2 Å². The zero-order valence-corrected chi connectivity index (χ0v) is 38.0. The topological polar surface area (TPSA) is 157 Å². The van der Waals surface area contributed by atoms with Crippen LogP contribution in [0.3, 0.4) is 0 Å². The van der Waals surface area contributed by atoms with Gasteiger partial charge in [0.1, 0.15) is 0 Å². The Balaban J connectivity index is 1.42. The molecule has 0 saturated heterocycles. The molecule has 2 unspecified atom stereocenters. The van der Waals surface area contributed by atoms with Gasteiger partial charge in [-0.05, 0) is 107 Å². The van der Waals surface area contributed by atoms with Crippen LogP contribution in [0.2, 0.25) is 0 Å². The van der Waals surface area contributed by atoms with Crippen molar-refractivity contribution in [2.24, 2.45) is 0 Å². The summed E-state index contributed by atoms with van der Waals surface area (Å²) in [6.45, 7) is 4.10. The van der Waals surface area contributed by atoms with E-state index in [1.807, 2.05) is 52.5 Å². The number of halogens is 2. The molecule has 0 saturated carbocycles. The van der Waals surface area contributed by atoms with Crippen LogP contribution in [0.1, 0.15) is 74.0 Å². The van der Waals surface area contributed by atoms with Gasteiger partial charge in [0.2, 0.25) is 0 Å². The number of nitrogens with one attached hydrogen (secondary N) is 2. The Morgan fingerprint density at radius 3 is 1.20 bits per heavy atom. The molecule has 2 atom stereocenters. The summed E-state index contributed by atoms with van der Waals surface area (Å²) in [5.74, 6) is -0.784. The molecule has 0 spiro atoms. The van der Waals surface area contributed by atoms with Crippen LogP contribution in [0.5, 0.6) is 0 Å². The normalized spacial score (nSPS) is 18.4. The summed E-state index contributed by atoms with van der Waals surface area (Å²) in [6.07, 6.45) is 7.91. The van der Waals surface area contributed by atoms with Gasteiger partial charge >= 0.3 is 11.8 Å². The van der Waals surface area contributed by atoms with Gasteiger partial charge in [0, 0.05) is 24.3 Å². The lowest BCUT2D eigenvalue weighted by Crippen LogP contribution is -3.13. The fourth-order valence-corrected chi connectivity index (χ4v) is 11.3. The van der Waals surface area contributed by atoms with Crippen molar-refractivity contribution in [1.29, 1.82) is 0 Å². The molecule has 4 heterocycles. The van der Waals surface area contributed by atoms with Gasteiger partial charge in [0.05, 0.1) is 105 Å². The second-order valence-corrected chi connectivity index (χ2v) is 23.6. The van der Waals surface area contributed by atoms with Crippen molar-refractivity contribution in [3.63, 3.8) is 0 Å². The summed E-state index contributed by atoms with van der Waals surface area (Å²) in [4.78, 5) is 32.2. The monoisotopic (exact) mass is 956 g/mol. The molecule has 4 rings (SSSR count). The number of rotatable bonds is 24. The number of thiophene rings is 2. The van der Waals surface area contributed by atoms with Crippen LogP contribution >= 0.6 is 54.5 Å². The first kappa shape index (κ1) is 45.5. The molecule has 2 aliphatic rings. The van der Waals surface area contributed by atoms with Crippen LogP contribution in [0, 0.1) is 0 Å². The predicted molar refractivity (Wildman–Crippen MR) is 219 cm³/mol. The minimum Gasteiger partial charge on any atom is -0.748 e. The van der Waals surface area contributed by atoms with E-state index in [0.29, 0.717) is 68.9 Å². The molecule has 0 aliphatic carbocycles. The lowest BCUT2D eigenvalue weighted by molar-refractivity contribution is -0.890. The second kappa shape index (κ2) is 19.5. The first-order valence-corrected chi connectivity index (χ1v) is 24.9. The van der Waals surface area contributed by atoms with E-state index in [-0.39, 0.29) is 23.3 Å². The Kier molecular flexibility index (Phi) is 16.5. The summed E-state index contributed by atoms with van der Waals surface area (Å²) < 4.78 is 69.1. The van der Waals surface area contributed by atoms with Crippen molar-refractivity contribution in [3.05, 3.63) is 52.7 Å². The fraction of sp³-hybridized carbons (Fsp3) is 0.611. The molecule has 2 aromatic heterocycles. The molecule has 2 amide bonds. The summed E-state index contributed by atoms with van der Waals surface area (Å²) in [6, 6.07) is 7.88. The minimum absolute atomic E-state index is 0.0525. The van der Waals surface area contributed by atoms with E-state index >= 15 is 0 Å². The van der Waals surface area contributed by atoms with E-state index in [2.05, 4.69) is 31.9 Å². The summed E-state index contributed by atoms with van der Waals surface area (Å²) in [5, 5.41) is 0. The van der Waals surface area contributed by atoms with Crippen LogP contribution < -0.4 is 9.80 Å². The molecule has 2 aliphatic heterocycles. The smallest absolute Gasteiger partial charge is 0.356 e. The number of fused-ring (bicyclic) bond motifs is 1. The summed E-state index contributed by atoms with van der Waals surface area (Å²) in [5.41, 5.74) is 2.62. The average Bonchev–Trinajstić information content (AvgIpc) is 3.80. The zero-order valence-electron chi connectivity index (χ0n) is 31.6. The number of quaternary nitrogens is 4. The van der Waals surface area contributed by atoms with Crippen molar-refractivity contribution >= 4 is 98.0 Å². The highest BCUT2D eigenvalue weighted by Crippen LogP contribution is 2.38. The Bertz CT molecular complexity index is 1800. The molecular formula is C36H54Br2N4O8S4+2. The van der Waals surface area contributed by atoms with E-state index in [0.717, 1.165) is 93.2 Å². The SMILES string of the molecule is C[N+](C)(CCCCCC[NH+]1C(=O)C2=C(c3ccc(Br)s3)[NH+](CCCCCC[N+](C)(C)CCCS(=O)(=O)[O-])C(=O)C2=C1c1ccc(Br)s1)CCCS(=O)(=O)[O-]. The quantitative estimate of drug-likeness (QED) is 0.0922. The van der Waals surface area contributed by atoms with Gasteiger partial charge in [-0.2, -0.15) is 0 Å². The Hall–Kier alpha value is -1.16. The number of amides is 2. The van der Waals surface area contributed by atoms with Gasteiger partial charge in [0.15, 0.2) is 22.5 Å². The third-order valence-corrected chi connectivity index (χ3v) is 15.1. The summed E-state index contributed by atoms with van der Waals surface area (Å²) >= 11 is 10.2. The van der Waals surface area contributed by atoms with E-state index < -0.39 is 20.2 Å². The maximum atomic E-state index is 14.5. The standard InChI is InChI=1S/C36H52Br2N4O8S4/c1-41(2,23-13-25-53(45,46)47)21-11-7-5-9-19-39-33(27-15-17-29(37)51-27)31-32(35(39)43)34(28-16-18-30(38)52-28)40(36(31)44)20-10-6-8-12-22-42(3,4)24-14-26-54(48,49)50/h15-18H,5-14,19-26H2,1-4H3/p+2. The Morgan fingerprint density at radius 1 is 0.556 bits per heavy atom. The molecule has 0 radical (unpaired) electrons. The number of hydrogen-bond donors (Lipinski definition) is 2. The van der Waals surface area contributed by atoms with Crippen LogP contribution in [-0.4, -0.2) is 126 Å². The molecule has 12 nitrogen and oxygen atoms in total. The minimum atomic E-state index is -4.20. The van der Waals surface area contributed by atoms with E-state index in [4.69, 9.17) is 0 Å². The van der Waals surface area contributed by atoms with Gasteiger partial charge in [-0.3, -0.25) is 0 Å². The highest BCUT2D eigenvalue weighted by molar-refractivity contribution is 9.11. The molecule has 18 heteroatoms.